The van der Waals surface area contributed by atoms with Crippen LogP contribution in [-0.4, -0.2) is 22.9 Å². The van der Waals surface area contributed by atoms with E-state index in [9.17, 15) is 14.4 Å². The van der Waals surface area contributed by atoms with Crippen molar-refractivity contribution in [3.8, 4) is 0 Å². The SMILES string of the molecule is CC(=O)Nc1ccc(NC(=O)CC(=O)O)cc1. The fourth-order valence-electron chi connectivity index (χ4n) is 1.18. The van der Waals surface area contributed by atoms with Crippen LogP contribution in [0.15, 0.2) is 24.3 Å². The molecule has 0 aliphatic carbocycles. The van der Waals surface area contributed by atoms with Gasteiger partial charge in [0.15, 0.2) is 0 Å². The van der Waals surface area contributed by atoms with Crippen LogP contribution < -0.4 is 10.6 Å². The van der Waals surface area contributed by atoms with Crippen molar-refractivity contribution >= 4 is 29.2 Å². The zero-order valence-electron chi connectivity index (χ0n) is 9.19. The summed E-state index contributed by atoms with van der Waals surface area (Å²) >= 11 is 0. The summed E-state index contributed by atoms with van der Waals surface area (Å²) in [5.41, 5.74) is 1.08. The minimum atomic E-state index is -1.18. The second-order valence-corrected chi connectivity index (χ2v) is 3.38. The summed E-state index contributed by atoms with van der Waals surface area (Å²) < 4.78 is 0. The molecule has 6 nitrogen and oxygen atoms in total. The molecule has 1 aromatic carbocycles. The Bertz CT molecular complexity index is 439. The van der Waals surface area contributed by atoms with Gasteiger partial charge in [0.2, 0.25) is 11.8 Å². The predicted molar refractivity (Wildman–Crippen MR) is 61.6 cm³/mol. The van der Waals surface area contributed by atoms with E-state index in [1.165, 1.54) is 6.92 Å². The predicted octanol–water partition coefficient (Wildman–Crippen LogP) is 1.06. The lowest BCUT2D eigenvalue weighted by molar-refractivity contribution is -0.139. The number of carbonyl (C=O) groups is 3. The molecule has 0 spiro atoms. The van der Waals surface area contributed by atoms with Crippen LogP contribution in [0.5, 0.6) is 0 Å². The van der Waals surface area contributed by atoms with Gasteiger partial charge in [0.25, 0.3) is 0 Å². The van der Waals surface area contributed by atoms with Crippen LogP contribution in [0, 0.1) is 0 Å². The highest BCUT2D eigenvalue weighted by atomic mass is 16.4. The van der Waals surface area contributed by atoms with Gasteiger partial charge in [-0.05, 0) is 24.3 Å². The highest BCUT2D eigenvalue weighted by Gasteiger charge is 2.07. The number of carbonyl (C=O) groups excluding carboxylic acids is 2. The van der Waals surface area contributed by atoms with E-state index >= 15 is 0 Å². The Labute approximate surface area is 97.6 Å². The van der Waals surface area contributed by atoms with Crippen LogP contribution in [-0.2, 0) is 14.4 Å². The molecule has 90 valence electrons. The summed E-state index contributed by atoms with van der Waals surface area (Å²) in [5.74, 6) is -1.96. The van der Waals surface area contributed by atoms with Crippen LogP contribution in [0.3, 0.4) is 0 Å². The maximum atomic E-state index is 11.1. The van der Waals surface area contributed by atoms with Crippen LogP contribution in [0.4, 0.5) is 11.4 Å². The van der Waals surface area contributed by atoms with Crippen LogP contribution in [0.1, 0.15) is 13.3 Å². The number of aliphatic carboxylic acids is 1. The molecule has 2 amide bonds. The molecule has 6 heteroatoms. The van der Waals surface area contributed by atoms with Gasteiger partial charge in [0.1, 0.15) is 6.42 Å². The Morgan fingerprint density at radius 3 is 1.94 bits per heavy atom. The molecule has 3 N–H and O–H groups in total. The minimum Gasteiger partial charge on any atom is -0.481 e. The van der Waals surface area contributed by atoms with E-state index in [4.69, 9.17) is 5.11 Å². The summed E-state index contributed by atoms with van der Waals surface area (Å²) in [6, 6.07) is 6.37. The first-order valence-corrected chi connectivity index (χ1v) is 4.86. The van der Waals surface area contributed by atoms with Crippen LogP contribution in [0.25, 0.3) is 0 Å². The third-order valence-corrected chi connectivity index (χ3v) is 1.80. The number of nitrogens with one attached hydrogen (secondary N) is 2. The van der Waals surface area contributed by atoms with Gasteiger partial charge in [-0.1, -0.05) is 0 Å². The standard InChI is InChI=1S/C11H12N2O4/c1-7(14)12-8-2-4-9(5-3-8)13-10(15)6-11(16)17/h2-5H,6H2,1H3,(H,12,14)(H,13,15)(H,16,17). The number of rotatable bonds is 4. The number of amides is 2. The number of hydrogen-bond donors (Lipinski definition) is 3. The molecular formula is C11H12N2O4. The van der Waals surface area contributed by atoms with E-state index in [0.29, 0.717) is 11.4 Å². The molecule has 0 unspecified atom stereocenters. The zero-order valence-corrected chi connectivity index (χ0v) is 9.19. The van der Waals surface area contributed by atoms with E-state index in [1.54, 1.807) is 24.3 Å². The Kier molecular flexibility index (Phi) is 4.21. The van der Waals surface area contributed by atoms with Crippen LogP contribution in [0.2, 0.25) is 0 Å². The second kappa shape index (κ2) is 5.64. The number of benzene rings is 1. The number of anilines is 2. The smallest absolute Gasteiger partial charge is 0.312 e. The van der Waals surface area contributed by atoms with Crippen molar-refractivity contribution in [1.82, 2.24) is 0 Å². The lowest BCUT2D eigenvalue weighted by Gasteiger charge is -2.05. The molecule has 0 radical (unpaired) electrons. The topological polar surface area (TPSA) is 95.5 Å². The average Bonchev–Trinajstić information content (AvgIpc) is 2.18. The third kappa shape index (κ3) is 4.78. The summed E-state index contributed by atoms with van der Waals surface area (Å²) in [6.07, 6.45) is -0.576. The molecule has 0 atom stereocenters. The second-order valence-electron chi connectivity index (χ2n) is 3.38. The first-order valence-electron chi connectivity index (χ1n) is 4.86. The van der Waals surface area contributed by atoms with Gasteiger partial charge in [0.05, 0.1) is 0 Å². The number of carboxylic acids is 1. The van der Waals surface area contributed by atoms with E-state index in [2.05, 4.69) is 10.6 Å². The maximum absolute atomic E-state index is 11.1. The molecule has 0 aliphatic heterocycles. The Balaban J connectivity index is 2.59. The Morgan fingerprint density at radius 2 is 1.53 bits per heavy atom. The summed E-state index contributed by atoms with van der Waals surface area (Å²) in [5, 5.41) is 13.4. The maximum Gasteiger partial charge on any atom is 0.312 e. The molecule has 0 aliphatic rings. The van der Waals surface area contributed by atoms with Gasteiger partial charge in [-0.25, -0.2) is 0 Å². The molecule has 1 rings (SSSR count). The third-order valence-electron chi connectivity index (χ3n) is 1.80. The van der Waals surface area contributed by atoms with Crippen LogP contribution >= 0.6 is 0 Å². The van der Waals surface area contributed by atoms with Crippen molar-refractivity contribution in [3.05, 3.63) is 24.3 Å². The van der Waals surface area contributed by atoms with Crippen molar-refractivity contribution in [2.45, 2.75) is 13.3 Å². The fourth-order valence-corrected chi connectivity index (χ4v) is 1.18. The van der Waals surface area contributed by atoms with Crippen molar-refractivity contribution in [3.63, 3.8) is 0 Å². The van der Waals surface area contributed by atoms with Gasteiger partial charge in [-0.2, -0.15) is 0 Å². The summed E-state index contributed by atoms with van der Waals surface area (Å²) in [4.78, 5) is 32.1. The Morgan fingerprint density at radius 1 is 1.06 bits per heavy atom. The first kappa shape index (κ1) is 12.7. The van der Waals surface area contributed by atoms with Crippen molar-refractivity contribution in [2.24, 2.45) is 0 Å². The molecule has 1 aromatic rings. The van der Waals surface area contributed by atoms with Gasteiger partial charge >= 0.3 is 5.97 Å². The van der Waals surface area contributed by atoms with Crippen molar-refractivity contribution in [1.29, 1.82) is 0 Å². The average molecular weight is 236 g/mol. The van der Waals surface area contributed by atoms with E-state index in [1.807, 2.05) is 0 Å². The minimum absolute atomic E-state index is 0.187. The lowest BCUT2D eigenvalue weighted by atomic mass is 10.2. The Hall–Kier alpha value is -2.37. The zero-order chi connectivity index (χ0) is 12.8. The van der Waals surface area contributed by atoms with Gasteiger partial charge in [-0.15, -0.1) is 0 Å². The van der Waals surface area contributed by atoms with Crippen molar-refractivity contribution < 1.29 is 19.5 Å². The molecule has 0 bridgehead atoms. The van der Waals surface area contributed by atoms with Gasteiger partial charge < -0.3 is 15.7 Å². The lowest BCUT2D eigenvalue weighted by Crippen LogP contribution is -2.15. The monoisotopic (exact) mass is 236 g/mol. The molecule has 0 aromatic heterocycles. The largest absolute Gasteiger partial charge is 0.481 e. The highest BCUT2D eigenvalue weighted by molar-refractivity contribution is 6.01. The molecule has 0 fully saturated rings. The number of hydrogen-bond acceptors (Lipinski definition) is 3. The van der Waals surface area contributed by atoms with E-state index < -0.39 is 18.3 Å². The fraction of sp³-hybridized carbons (Fsp3) is 0.182. The molecule has 17 heavy (non-hydrogen) atoms. The van der Waals surface area contributed by atoms with Gasteiger partial charge in [-0.3, -0.25) is 14.4 Å². The normalized spacial score (nSPS) is 9.47. The van der Waals surface area contributed by atoms with E-state index in [0.717, 1.165) is 0 Å². The van der Waals surface area contributed by atoms with Gasteiger partial charge in [0, 0.05) is 18.3 Å². The summed E-state index contributed by atoms with van der Waals surface area (Å²) in [7, 11) is 0. The molecule has 0 heterocycles. The van der Waals surface area contributed by atoms with E-state index in [-0.39, 0.29) is 5.91 Å². The highest BCUT2D eigenvalue weighted by Crippen LogP contribution is 2.13. The summed E-state index contributed by atoms with van der Waals surface area (Å²) in [6.45, 7) is 1.39. The molecular weight excluding hydrogens is 224 g/mol. The molecule has 0 saturated carbocycles. The molecule has 0 saturated heterocycles. The number of carboxylic acid groups (broad SMARTS) is 1. The van der Waals surface area contributed by atoms with Crippen molar-refractivity contribution in [2.75, 3.05) is 10.6 Å². The quantitative estimate of drug-likeness (QED) is 0.681. The first-order chi connectivity index (χ1) is 7.97.